The van der Waals surface area contributed by atoms with E-state index in [1.54, 1.807) is 31.5 Å². The molecule has 2 aromatic rings. The lowest BCUT2D eigenvalue weighted by molar-refractivity contribution is 0.412. The van der Waals surface area contributed by atoms with E-state index < -0.39 is 0 Å². The fraction of sp³-hybridized carbons (Fsp3) is 0.154. The lowest BCUT2D eigenvalue weighted by Crippen LogP contribution is -2.21. The van der Waals surface area contributed by atoms with E-state index in [0.717, 1.165) is 10.1 Å². The maximum atomic E-state index is 11.8. The first-order chi connectivity index (χ1) is 8.63. The van der Waals surface area contributed by atoms with Gasteiger partial charge in [-0.2, -0.15) is 5.26 Å². The van der Waals surface area contributed by atoms with Crippen molar-refractivity contribution in [3.8, 4) is 11.9 Å². The Hall–Kier alpha value is -2.61. The van der Waals surface area contributed by atoms with Gasteiger partial charge >= 0.3 is 0 Å². The van der Waals surface area contributed by atoms with Gasteiger partial charge in [-0.1, -0.05) is 6.07 Å². The van der Waals surface area contributed by atoms with Crippen LogP contribution in [0.3, 0.4) is 0 Å². The molecule has 0 spiro atoms. The first kappa shape index (κ1) is 11.9. The van der Waals surface area contributed by atoms with Crippen molar-refractivity contribution in [3.63, 3.8) is 0 Å². The van der Waals surface area contributed by atoms with Crippen LogP contribution in [0.1, 0.15) is 16.7 Å². The number of aromatic hydroxyl groups is 1. The largest absolute Gasteiger partial charge is 0.493 e. The molecular weight excluding hydrogens is 230 g/mol. The second-order valence-electron chi connectivity index (χ2n) is 3.92. The second-order valence-corrected chi connectivity index (χ2v) is 3.92. The molecule has 0 aliphatic carbocycles. The zero-order valence-corrected chi connectivity index (χ0v) is 9.79. The van der Waals surface area contributed by atoms with Crippen molar-refractivity contribution in [1.82, 2.24) is 9.55 Å². The summed E-state index contributed by atoms with van der Waals surface area (Å²) < 4.78 is 1.16. The van der Waals surface area contributed by atoms with Crippen LogP contribution in [0.2, 0.25) is 0 Å². The van der Waals surface area contributed by atoms with E-state index in [1.165, 1.54) is 6.07 Å². The van der Waals surface area contributed by atoms with Crippen LogP contribution in [0.4, 0.5) is 0 Å². The minimum atomic E-state index is -0.340. The van der Waals surface area contributed by atoms with Gasteiger partial charge in [0.2, 0.25) is 5.88 Å². The van der Waals surface area contributed by atoms with Gasteiger partial charge in [0.15, 0.2) is 0 Å². The molecule has 2 heterocycles. The number of hydrogen-bond donors (Lipinski definition) is 1. The molecule has 90 valence electrons. The Morgan fingerprint density at radius 1 is 1.56 bits per heavy atom. The minimum absolute atomic E-state index is 0.124. The van der Waals surface area contributed by atoms with E-state index in [9.17, 15) is 9.90 Å². The first-order valence-electron chi connectivity index (χ1n) is 5.36. The average Bonchev–Trinajstić information content (AvgIpc) is 2.36. The zero-order chi connectivity index (χ0) is 13.1. The quantitative estimate of drug-likeness (QED) is 0.856. The molecule has 0 atom stereocenters. The molecule has 5 heteroatoms. The summed E-state index contributed by atoms with van der Waals surface area (Å²) in [6.45, 7) is 1.81. The summed E-state index contributed by atoms with van der Waals surface area (Å²) in [7, 11) is 0. The smallest absolute Gasteiger partial charge is 0.253 e. The van der Waals surface area contributed by atoms with Crippen molar-refractivity contribution >= 4 is 0 Å². The van der Waals surface area contributed by atoms with Crippen LogP contribution in [0.25, 0.3) is 0 Å². The third-order valence-electron chi connectivity index (χ3n) is 2.65. The van der Waals surface area contributed by atoms with E-state index in [-0.39, 0.29) is 23.5 Å². The SMILES string of the molecule is Cc1cc(=O)n(Cc2cccnc2)c(O)c1C#N. The molecule has 5 nitrogen and oxygen atoms in total. The summed E-state index contributed by atoms with van der Waals surface area (Å²) in [5.74, 6) is -0.300. The van der Waals surface area contributed by atoms with Gasteiger partial charge in [0, 0.05) is 18.5 Å². The molecule has 18 heavy (non-hydrogen) atoms. The summed E-state index contributed by atoms with van der Waals surface area (Å²) >= 11 is 0. The van der Waals surface area contributed by atoms with Crippen molar-refractivity contribution in [2.45, 2.75) is 13.5 Å². The lowest BCUT2D eigenvalue weighted by atomic mass is 10.1. The molecule has 0 aromatic carbocycles. The van der Waals surface area contributed by atoms with Gasteiger partial charge in [0.1, 0.15) is 11.6 Å². The second kappa shape index (κ2) is 4.72. The van der Waals surface area contributed by atoms with Crippen LogP contribution in [0.15, 0.2) is 35.4 Å². The normalized spacial score (nSPS) is 10.0. The molecule has 0 unspecified atom stereocenters. The Labute approximate surface area is 104 Å². The third kappa shape index (κ3) is 2.09. The van der Waals surface area contributed by atoms with Crippen molar-refractivity contribution in [3.05, 3.63) is 57.6 Å². The fourth-order valence-corrected chi connectivity index (χ4v) is 1.72. The van der Waals surface area contributed by atoms with Crippen LogP contribution < -0.4 is 5.56 Å². The Balaban J connectivity index is 2.53. The highest BCUT2D eigenvalue weighted by Crippen LogP contribution is 2.18. The van der Waals surface area contributed by atoms with Gasteiger partial charge in [-0.05, 0) is 24.1 Å². The topological polar surface area (TPSA) is 78.9 Å². The van der Waals surface area contributed by atoms with E-state index >= 15 is 0 Å². The van der Waals surface area contributed by atoms with Gasteiger partial charge < -0.3 is 5.11 Å². The van der Waals surface area contributed by atoms with Crippen molar-refractivity contribution < 1.29 is 5.11 Å². The zero-order valence-electron chi connectivity index (χ0n) is 9.79. The molecule has 0 saturated heterocycles. The molecule has 0 saturated carbocycles. The maximum absolute atomic E-state index is 11.8. The highest BCUT2D eigenvalue weighted by Gasteiger charge is 2.12. The molecule has 0 bridgehead atoms. The van der Waals surface area contributed by atoms with Gasteiger partial charge in [-0.3, -0.25) is 14.3 Å². The van der Waals surface area contributed by atoms with E-state index in [1.807, 2.05) is 6.07 Å². The Bertz CT molecular complexity index is 669. The molecule has 0 radical (unpaired) electrons. The number of nitrogens with zero attached hydrogens (tertiary/aromatic N) is 3. The molecule has 0 aliphatic rings. The van der Waals surface area contributed by atoms with E-state index in [0.29, 0.717) is 5.56 Å². The van der Waals surface area contributed by atoms with Crippen LogP contribution >= 0.6 is 0 Å². The van der Waals surface area contributed by atoms with Gasteiger partial charge in [0.25, 0.3) is 5.56 Å². The predicted octanol–water partition coefficient (Wildman–Crippen LogP) is 1.18. The standard InChI is InChI=1S/C13H11N3O2/c1-9-5-12(17)16(13(18)11(9)6-14)8-10-3-2-4-15-7-10/h2-5,7,18H,8H2,1H3. The number of nitriles is 1. The highest BCUT2D eigenvalue weighted by atomic mass is 16.3. The summed E-state index contributed by atoms with van der Waals surface area (Å²) in [6.07, 6.45) is 3.24. The average molecular weight is 241 g/mol. The Morgan fingerprint density at radius 2 is 2.33 bits per heavy atom. The fourth-order valence-electron chi connectivity index (χ4n) is 1.72. The van der Waals surface area contributed by atoms with E-state index in [2.05, 4.69) is 4.98 Å². The molecule has 0 amide bonds. The lowest BCUT2D eigenvalue weighted by Gasteiger charge is -2.10. The monoisotopic (exact) mass is 241 g/mol. The van der Waals surface area contributed by atoms with Crippen LogP contribution in [0, 0.1) is 18.3 Å². The van der Waals surface area contributed by atoms with Gasteiger partial charge in [0.05, 0.1) is 6.54 Å². The first-order valence-corrected chi connectivity index (χ1v) is 5.36. The number of rotatable bonds is 2. The molecule has 0 fully saturated rings. The molecular formula is C13H11N3O2. The third-order valence-corrected chi connectivity index (χ3v) is 2.65. The number of pyridine rings is 2. The van der Waals surface area contributed by atoms with Gasteiger partial charge in [-0.15, -0.1) is 0 Å². The van der Waals surface area contributed by atoms with Crippen LogP contribution in [0.5, 0.6) is 5.88 Å². The van der Waals surface area contributed by atoms with Crippen LogP contribution in [-0.4, -0.2) is 14.7 Å². The highest BCUT2D eigenvalue weighted by molar-refractivity contribution is 5.44. The predicted molar refractivity (Wildman–Crippen MR) is 65.2 cm³/mol. The Morgan fingerprint density at radius 3 is 2.94 bits per heavy atom. The molecule has 1 N–H and O–H groups in total. The summed E-state index contributed by atoms with van der Waals surface area (Å²) in [4.78, 5) is 15.7. The number of aryl methyl sites for hydroxylation is 1. The van der Waals surface area contributed by atoms with E-state index in [4.69, 9.17) is 5.26 Å². The molecule has 2 aromatic heterocycles. The minimum Gasteiger partial charge on any atom is -0.493 e. The maximum Gasteiger partial charge on any atom is 0.253 e. The summed E-state index contributed by atoms with van der Waals surface area (Å²) in [5.41, 5.74) is 1.04. The molecule has 0 aliphatic heterocycles. The van der Waals surface area contributed by atoms with Crippen LogP contribution in [-0.2, 0) is 6.54 Å². The van der Waals surface area contributed by atoms with Crippen molar-refractivity contribution in [1.29, 1.82) is 5.26 Å². The van der Waals surface area contributed by atoms with Gasteiger partial charge in [-0.25, -0.2) is 0 Å². The van der Waals surface area contributed by atoms with Crippen molar-refractivity contribution in [2.24, 2.45) is 0 Å². The summed E-state index contributed by atoms with van der Waals surface area (Å²) in [5, 5.41) is 18.9. The Kier molecular flexibility index (Phi) is 3.11. The number of aromatic nitrogens is 2. The molecule has 2 rings (SSSR count). The summed E-state index contributed by atoms with van der Waals surface area (Å²) in [6, 6.07) is 6.78. The van der Waals surface area contributed by atoms with Crippen molar-refractivity contribution in [2.75, 3.05) is 0 Å². The number of hydrogen-bond acceptors (Lipinski definition) is 4.